The molecule has 2 N–H and O–H groups in total. The molecule has 3 aromatic rings. The minimum absolute atomic E-state index is 0.0952. The molecule has 0 aliphatic rings. The van der Waals surface area contributed by atoms with Gasteiger partial charge in [-0.3, -0.25) is 4.79 Å². The van der Waals surface area contributed by atoms with Gasteiger partial charge in [-0.2, -0.15) is 5.26 Å². The van der Waals surface area contributed by atoms with Gasteiger partial charge in [0.05, 0.1) is 12.7 Å². The molecule has 0 fully saturated rings. The first-order valence-electron chi connectivity index (χ1n) is 8.60. The third-order valence-corrected chi connectivity index (χ3v) is 4.14. The van der Waals surface area contributed by atoms with Gasteiger partial charge in [0.25, 0.3) is 5.91 Å². The molecule has 7 nitrogen and oxygen atoms in total. The smallest absolute Gasteiger partial charge is 0.335 e. The summed E-state index contributed by atoms with van der Waals surface area (Å²) >= 11 is 0. The molecule has 0 aliphatic heterocycles. The lowest BCUT2D eigenvalue weighted by atomic mass is 10.2. The fourth-order valence-corrected chi connectivity index (χ4v) is 2.73. The van der Waals surface area contributed by atoms with Gasteiger partial charge in [0.1, 0.15) is 17.4 Å². The van der Waals surface area contributed by atoms with E-state index < -0.39 is 11.9 Å². The molecule has 2 aromatic carbocycles. The molecule has 1 heterocycles. The molecule has 7 heteroatoms. The third kappa shape index (κ3) is 4.51. The minimum Gasteiger partial charge on any atom is -0.497 e. The molecule has 0 bridgehead atoms. The van der Waals surface area contributed by atoms with E-state index in [1.165, 1.54) is 25.3 Å². The average molecular weight is 387 g/mol. The van der Waals surface area contributed by atoms with Crippen LogP contribution in [0.1, 0.15) is 16.1 Å². The van der Waals surface area contributed by atoms with Crippen molar-refractivity contribution < 1.29 is 19.4 Å². The maximum atomic E-state index is 12.5. The van der Waals surface area contributed by atoms with Gasteiger partial charge < -0.3 is 19.7 Å². The second-order valence-corrected chi connectivity index (χ2v) is 6.01. The number of nitriles is 1. The van der Waals surface area contributed by atoms with Crippen LogP contribution >= 0.6 is 0 Å². The Hall–Kier alpha value is -4.31. The van der Waals surface area contributed by atoms with E-state index in [-0.39, 0.29) is 11.1 Å². The first-order chi connectivity index (χ1) is 14.0. The van der Waals surface area contributed by atoms with E-state index in [2.05, 4.69) is 5.32 Å². The zero-order valence-electron chi connectivity index (χ0n) is 15.5. The van der Waals surface area contributed by atoms with Crippen LogP contribution in [0, 0.1) is 11.3 Å². The Morgan fingerprint density at radius 2 is 1.93 bits per heavy atom. The second kappa shape index (κ2) is 8.59. The Morgan fingerprint density at radius 3 is 2.66 bits per heavy atom. The molecule has 3 rings (SSSR count). The Balaban J connectivity index is 1.90. The van der Waals surface area contributed by atoms with Crippen molar-refractivity contribution in [1.29, 1.82) is 5.26 Å². The molecule has 1 aromatic heterocycles. The quantitative estimate of drug-likeness (QED) is 0.495. The molecule has 29 heavy (non-hydrogen) atoms. The van der Waals surface area contributed by atoms with Gasteiger partial charge in [0, 0.05) is 29.3 Å². The number of nitrogens with zero attached hydrogens (tertiary/aromatic N) is 2. The number of methoxy groups -OCH3 is 1. The predicted octanol–water partition coefficient (Wildman–Crippen LogP) is 3.73. The van der Waals surface area contributed by atoms with Gasteiger partial charge in [0.2, 0.25) is 0 Å². The number of hydrogen-bond acceptors (Lipinski definition) is 4. The fraction of sp³-hybridized carbons (Fsp3) is 0.0455. The van der Waals surface area contributed by atoms with E-state index in [9.17, 15) is 20.0 Å². The molecule has 0 radical (unpaired) electrons. The number of rotatable bonds is 6. The van der Waals surface area contributed by atoms with Gasteiger partial charge in [0.15, 0.2) is 0 Å². The first-order valence-corrected chi connectivity index (χ1v) is 8.60. The van der Waals surface area contributed by atoms with Crippen molar-refractivity contribution in [2.75, 3.05) is 12.4 Å². The topological polar surface area (TPSA) is 104 Å². The maximum Gasteiger partial charge on any atom is 0.335 e. The number of carbonyl (C=O) groups excluding carboxylic acids is 1. The molecule has 0 spiro atoms. The molecule has 0 unspecified atom stereocenters. The molecule has 0 aliphatic carbocycles. The first kappa shape index (κ1) is 19.5. The molecule has 0 atom stereocenters. The summed E-state index contributed by atoms with van der Waals surface area (Å²) in [7, 11) is 1.52. The molecule has 144 valence electrons. The Labute approximate surface area is 167 Å². The Morgan fingerprint density at radius 1 is 1.14 bits per heavy atom. The van der Waals surface area contributed by atoms with Gasteiger partial charge in [-0.25, -0.2) is 4.79 Å². The summed E-state index contributed by atoms with van der Waals surface area (Å²) in [4.78, 5) is 23.7. The van der Waals surface area contributed by atoms with Gasteiger partial charge >= 0.3 is 5.97 Å². The normalized spacial score (nSPS) is 10.8. The van der Waals surface area contributed by atoms with Crippen LogP contribution in [0.15, 0.2) is 72.4 Å². The third-order valence-electron chi connectivity index (χ3n) is 4.14. The van der Waals surface area contributed by atoms with Gasteiger partial charge in [-0.05, 0) is 48.5 Å². The zero-order valence-corrected chi connectivity index (χ0v) is 15.5. The zero-order chi connectivity index (χ0) is 20.8. The summed E-state index contributed by atoms with van der Waals surface area (Å²) in [5, 5.41) is 21.3. The predicted molar refractivity (Wildman–Crippen MR) is 108 cm³/mol. The van der Waals surface area contributed by atoms with Crippen LogP contribution in [0.4, 0.5) is 5.69 Å². The highest BCUT2D eigenvalue weighted by atomic mass is 16.5. The average Bonchev–Trinajstić information content (AvgIpc) is 3.20. The fourth-order valence-electron chi connectivity index (χ4n) is 2.73. The number of amides is 1. The number of carboxylic acids is 1. The Bertz CT molecular complexity index is 1140. The van der Waals surface area contributed by atoms with E-state index in [4.69, 9.17) is 4.74 Å². The summed E-state index contributed by atoms with van der Waals surface area (Å²) in [5.41, 5.74) is 1.71. The Kier molecular flexibility index (Phi) is 5.76. The number of benzene rings is 2. The summed E-state index contributed by atoms with van der Waals surface area (Å²) in [6.07, 6.45) is 3.17. The number of carboxylic acid groups (broad SMARTS) is 1. The van der Waals surface area contributed by atoms with E-state index >= 15 is 0 Å². The minimum atomic E-state index is -1.04. The highest BCUT2D eigenvalue weighted by molar-refractivity contribution is 6.09. The lowest BCUT2D eigenvalue weighted by molar-refractivity contribution is -0.112. The summed E-state index contributed by atoms with van der Waals surface area (Å²) in [5.74, 6) is -1.02. The van der Waals surface area contributed by atoms with Gasteiger partial charge in [-0.15, -0.1) is 0 Å². The summed E-state index contributed by atoms with van der Waals surface area (Å²) in [6, 6.07) is 18.6. The van der Waals surface area contributed by atoms with Crippen molar-refractivity contribution in [3.63, 3.8) is 0 Å². The van der Waals surface area contributed by atoms with Crippen molar-refractivity contribution in [3.8, 4) is 17.5 Å². The lowest BCUT2D eigenvalue weighted by Gasteiger charge is -2.09. The summed E-state index contributed by atoms with van der Waals surface area (Å²) in [6.45, 7) is 0. The van der Waals surface area contributed by atoms with Crippen LogP contribution in [-0.4, -0.2) is 28.7 Å². The molecule has 1 amide bonds. The molecule has 0 saturated heterocycles. The standard InChI is InChI=1S/C22H17N3O4/c1-29-20-9-3-6-17(13-20)24-21(26)16(14-23)12-19-8-4-10-25(19)18-7-2-5-15(11-18)22(27)28/h2-13H,1H3,(H,24,26)(H,27,28)/b16-12-. The number of nitrogens with one attached hydrogen (secondary N) is 1. The van der Waals surface area contributed by atoms with Crippen LogP contribution in [0.3, 0.4) is 0 Å². The van der Waals surface area contributed by atoms with E-state index in [1.54, 1.807) is 59.3 Å². The van der Waals surface area contributed by atoms with E-state index in [0.717, 1.165) is 0 Å². The number of ether oxygens (including phenoxy) is 1. The van der Waals surface area contributed by atoms with Crippen LogP contribution in [0.25, 0.3) is 11.8 Å². The van der Waals surface area contributed by atoms with E-state index in [0.29, 0.717) is 22.8 Å². The second-order valence-electron chi connectivity index (χ2n) is 6.01. The summed E-state index contributed by atoms with van der Waals surface area (Å²) < 4.78 is 6.82. The maximum absolute atomic E-state index is 12.5. The van der Waals surface area contributed by atoms with Crippen LogP contribution in [-0.2, 0) is 4.79 Å². The van der Waals surface area contributed by atoms with Crippen molar-refractivity contribution in [2.24, 2.45) is 0 Å². The van der Waals surface area contributed by atoms with Crippen molar-refractivity contribution in [2.45, 2.75) is 0 Å². The van der Waals surface area contributed by atoms with Crippen molar-refractivity contribution in [1.82, 2.24) is 4.57 Å². The van der Waals surface area contributed by atoms with Crippen LogP contribution in [0.5, 0.6) is 5.75 Å². The molecular weight excluding hydrogens is 370 g/mol. The SMILES string of the molecule is COc1cccc(NC(=O)/C(C#N)=C\c2cccn2-c2cccc(C(=O)O)c2)c1. The molecular formula is C22H17N3O4. The van der Waals surface area contributed by atoms with Crippen LogP contribution in [0.2, 0.25) is 0 Å². The number of hydrogen-bond donors (Lipinski definition) is 2. The molecule has 0 saturated carbocycles. The highest BCUT2D eigenvalue weighted by Crippen LogP contribution is 2.20. The van der Waals surface area contributed by atoms with Crippen LogP contribution < -0.4 is 10.1 Å². The largest absolute Gasteiger partial charge is 0.497 e. The lowest BCUT2D eigenvalue weighted by Crippen LogP contribution is -2.13. The number of carbonyl (C=O) groups is 2. The van der Waals surface area contributed by atoms with E-state index in [1.807, 2.05) is 6.07 Å². The highest BCUT2D eigenvalue weighted by Gasteiger charge is 2.12. The monoisotopic (exact) mass is 387 g/mol. The van der Waals surface area contributed by atoms with Crippen molar-refractivity contribution in [3.05, 3.63) is 83.7 Å². The van der Waals surface area contributed by atoms with Crippen molar-refractivity contribution >= 4 is 23.6 Å². The number of aromatic carboxylic acids is 1. The number of aromatic nitrogens is 1. The van der Waals surface area contributed by atoms with Gasteiger partial charge in [-0.1, -0.05) is 12.1 Å². The number of anilines is 1.